The molecule has 2 aromatic carbocycles. The minimum absolute atomic E-state index is 0.155. The van der Waals surface area contributed by atoms with Crippen LogP contribution in [0.1, 0.15) is 26.3 Å². The van der Waals surface area contributed by atoms with E-state index >= 15 is 0 Å². The van der Waals surface area contributed by atoms with E-state index in [9.17, 15) is 9.59 Å². The number of nitrogens with one attached hydrogen (secondary N) is 2. The van der Waals surface area contributed by atoms with Gasteiger partial charge in [-0.1, -0.05) is 22.0 Å². The van der Waals surface area contributed by atoms with Gasteiger partial charge in [-0.15, -0.1) is 0 Å². The minimum atomic E-state index is -0.702. The lowest BCUT2D eigenvalue weighted by atomic mass is 10.1. The Bertz CT molecular complexity index is 793. The van der Waals surface area contributed by atoms with Gasteiger partial charge in [0.1, 0.15) is 5.75 Å². The van der Waals surface area contributed by atoms with E-state index in [2.05, 4.69) is 26.5 Å². The number of methoxy groups -OCH3 is 1. The summed E-state index contributed by atoms with van der Waals surface area (Å²) in [6, 6.07) is 11.3. The SMILES string of the molecule is COc1ccc(Br)cc1/C=N/NC(=O)c1cccc(C(=O)NO)c1. The molecule has 2 amide bonds. The summed E-state index contributed by atoms with van der Waals surface area (Å²) in [4.78, 5) is 23.4. The number of ether oxygens (including phenoxy) is 1. The predicted molar refractivity (Wildman–Crippen MR) is 91.4 cm³/mol. The van der Waals surface area contributed by atoms with E-state index < -0.39 is 11.8 Å². The normalized spacial score (nSPS) is 10.5. The Morgan fingerprint density at radius 1 is 1.17 bits per heavy atom. The zero-order valence-corrected chi connectivity index (χ0v) is 14.2. The number of carbonyl (C=O) groups excluding carboxylic acids is 2. The first-order chi connectivity index (χ1) is 11.5. The van der Waals surface area contributed by atoms with Gasteiger partial charge in [-0.3, -0.25) is 14.8 Å². The van der Waals surface area contributed by atoms with Gasteiger partial charge in [0.2, 0.25) is 0 Å². The van der Waals surface area contributed by atoms with Crippen molar-refractivity contribution < 1.29 is 19.5 Å². The summed E-state index contributed by atoms with van der Waals surface area (Å²) in [5.74, 6) is -0.586. The molecule has 0 aliphatic carbocycles. The van der Waals surface area contributed by atoms with Crippen LogP contribution in [-0.4, -0.2) is 30.3 Å². The smallest absolute Gasteiger partial charge is 0.274 e. The van der Waals surface area contributed by atoms with E-state index in [0.717, 1.165) is 4.47 Å². The lowest BCUT2D eigenvalue weighted by molar-refractivity contribution is 0.0706. The van der Waals surface area contributed by atoms with Crippen molar-refractivity contribution in [1.82, 2.24) is 10.9 Å². The molecule has 0 aliphatic rings. The maximum Gasteiger partial charge on any atom is 0.274 e. The topological polar surface area (TPSA) is 100 Å². The Morgan fingerprint density at radius 3 is 2.54 bits per heavy atom. The summed E-state index contributed by atoms with van der Waals surface area (Å²) < 4.78 is 6.05. The highest BCUT2D eigenvalue weighted by molar-refractivity contribution is 9.10. The van der Waals surface area contributed by atoms with E-state index in [4.69, 9.17) is 9.94 Å². The third-order valence-electron chi connectivity index (χ3n) is 3.05. The van der Waals surface area contributed by atoms with Crippen molar-refractivity contribution >= 4 is 34.0 Å². The maximum absolute atomic E-state index is 12.1. The molecule has 124 valence electrons. The second-order valence-electron chi connectivity index (χ2n) is 4.61. The molecule has 0 aliphatic heterocycles. The number of hydrazone groups is 1. The third-order valence-corrected chi connectivity index (χ3v) is 3.54. The van der Waals surface area contributed by atoms with Crippen molar-refractivity contribution in [2.45, 2.75) is 0 Å². The van der Waals surface area contributed by atoms with E-state index in [1.807, 2.05) is 6.07 Å². The number of hydrogen-bond acceptors (Lipinski definition) is 5. The van der Waals surface area contributed by atoms with Crippen molar-refractivity contribution in [3.63, 3.8) is 0 Å². The summed E-state index contributed by atoms with van der Waals surface area (Å²) in [5.41, 5.74) is 4.95. The van der Waals surface area contributed by atoms with E-state index in [1.54, 1.807) is 12.1 Å². The molecule has 0 saturated heterocycles. The number of rotatable bonds is 5. The molecule has 8 heteroatoms. The van der Waals surface area contributed by atoms with Gasteiger partial charge in [0.05, 0.1) is 13.3 Å². The molecule has 3 N–H and O–H groups in total. The van der Waals surface area contributed by atoms with Crippen LogP contribution in [0.25, 0.3) is 0 Å². The Kier molecular flexibility index (Phi) is 6.05. The molecular formula is C16H14BrN3O4. The Labute approximate surface area is 146 Å². The largest absolute Gasteiger partial charge is 0.496 e. The third kappa shape index (κ3) is 4.40. The molecule has 0 heterocycles. The summed E-state index contributed by atoms with van der Waals surface area (Å²) in [6.45, 7) is 0. The van der Waals surface area contributed by atoms with Gasteiger partial charge in [-0.05, 0) is 36.4 Å². The molecule has 0 spiro atoms. The van der Waals surface area contributed by atoms with Crippen LogP contribution in [0.15, 0.2) is 52.0 Å². The number of amides is 2. The Balaban J connectivity index is 2.11. The number of hydrogen-bond donors (Lipinski definition) is 3. The average Bonchev–Trinajstić information content (AvgIpc) is 2.61. The van der Waals surface area contributed by atoms with Crippen LogP contribution in [-0.2, 0) is 0 Å². The standard InChI is InChI=1S/C16H14BrN3O4/c1-24-14-6-5-13(17)8-12(14)9-18-19-15(21)10-3-2-4-11(7-10)16(22)20-23/h2-9,23H,1H3,(H,19,21)(H,20,22)/b18-9+. The first-order valence-electron chi connectivity index (χ1n) is 6.76. The van der Waals surface area contributed by atoms with E-state index in [0.29, 0.717) is 11.3 Å². The number of hydroxylamine groups is 1. The van der Waals surface area contributed by atoms with E-state index in [1.165, 1.54) is 43.1 Å². The number of benzene rings is 2. The molecule has 2 rings (SSSR count). The average molecular weight is 392 g/mol. The highest BCUT2D eigenvalue weighted by Crippen LogP contribution is 2.21. The van der Waals surface area contributed by atoms with Crippen molar-refractivity contribution in [1.29, 1.82) is 0 Å². The van der Waals surface area contributed by atoms with Gasteiger partial charge in [-0.25, -0.2) is 10.9 Å². The molecule has 0 unspecified atom stereocenters. The first kappa shape index (κ1) is 17.6. The van der Waals surface area contributed by atoms with Gasteiger partial charge in [-0.2, -0.15) is 5.10 Å². The van der Waals surface area contributed by atoms with Gasteiger partial charge in [0.15, 0.2) is 0 Å². The second kappa shape index (κ2) is 8.23. The monoisotopic (exact) mass is 391 g/mol. The van der Waals surface area contributed by atoms with Crippen molar-refractivity contribution in [2.24, 2.45) is 5.10 Å². The van der Waals surface area contributed by atoms with E-state index in [-0.39, 0.29) is 11.1 Å². The molecule has 2 aromatic rings. The zero-order chi connectivity index (χ0) is 17.5. The van der Waals surface area contributed by atoms with Gasteiger partial charge >= 0.3 is 0 Å². The molecule has 0 radical (unpaired) electrons. The number of nitrogens with zero attached hydrogens (tertiary/aromatic N) is 1. The maximum atomic E-state index is 12.1. The fraction of sp³-hybridized carbons (Fsp3) is 0.0625. The van der Waals surface area contributed by atoms with Gasteiger partial charge < -0.3 is 4.74 Å². The zero-order valence-electron chi connectivity index (χ0n) is 12.6. The van der Waals surface area contributed by atoms with Crippen molar-refractivity contribution in [3.8, 4) is 5.75 Å². The summed E-state index contributed by atoms with van der Waals surface area (Å²) in [7, 11) is 1.54. The molecule has 0 atom stereocenters. The molecule has 0 aromatic heterocycles. The first-order valence-corrected chi connectivity index (χ1v) is 7.56. The highest BCUT2D eigenvalue weighted by Gasteiger charge is 2.09. The van der Waals surface area contributed by atoms with Crippen LogP contribution in [0.3, 0.4) is 0 Å². The lowest BCUT2D eigenvalue weighted by Gasteiger charge is -2.05. The second-order valence-corrected chi connectivity index (χ2v) is 5.52. The molecule has 0 bridgehead atoms. The molecule has 24 heavy (non-hydrogen) atoms. The highest BCUT2D eigenvalue weighted by atomic mass is 79.9. The van der Waals surface area contributed by atoms with Crippen LogP contribution in [0, 0.1) is 0 Å². The summed E-state index contributed by atoms with van der Waals surface area (Å²) in [6.07, 6.45) is 1.45. The van der Waals surface area contributed by atoms with Crippen LogP contribution in [0.5, 0.6) is 5.75 Å². The quantitative estimate of drug-likeness (QED) is 0.413. The number of carbonyl (C=O) groups is 2. The minimum Gasteiger partial charge on any atom is -0.496 e. The van der Waals surface area contributed by atoms with Gasteiger partial charge in [0.25, 0.3) is 11.8 Å². The van der Waals surface area contributed by atoms with Crippen LogP contribution >= 0.6 is 15.9 Å². The molecular weight excluding hydrogens is 378 g/mol. The van der Waals surface area contributed by atoms with Crippen LogP contribution in [0.2, 0.25) is 0 Å². The molecule has 0 fully saturated rings. The Morgan fingerprint density at radius 2 is 1.88 bits per heavy atom. The van der Waals surface area contributed by atoms with Crippen molar-refractivity contribution in [2.75, 3.05) is 7.11 Å². The van der Waals surface area contributed by atoms with Crippen LogP contribution < -0.4 is 15.6 Å². The summed E-state index contributed by atoms with van der Waals surface area (Å²) >= 11 is 3.35. The van der Waals surface area contributed by atoms with Crippen molar-refractivity contribution in [3.05, 3.63) is 63.6 Å². The fourth-order valence-electron chi connectivity index (χ4n) is 1.90. The fourth-order valence-corrected chi connectivity index (χ4v) is 2.28. The van der Waals surface area contributed by atoms with Gasteiger partial charge in [0, 0.05) is 21.2 Å². The van der Waals surface area contributed by atoms with Crippen LogP contribution in [0.4, 0.5) is 0 Å². The number of halogens is 1. The lowest BCUT2D eigenvalue weighted by Crippen LogP contribution is -2.21. The molecule has 0 saturated carbocycles. The predicted octanol–water partition coefficient (Wildman–Crippen LogP) is 2.34. The Hall–Kier alpha value is -2.71. The molecule has 7 nitrogen and oxygen atoms in total. The summed E-state index contributed by atoms with van der Waals surface area (Å²) in [5, 5.41) is 12.5.